The maximum atomic E-state index is 14.4. The van der Waals surface area contributed by atoms with E-state index in [1.807, 2.05) is 13.0 Å². The molecule has 0 bridgehead atoms. The Balaban J connectivity index is 1.13. The summed E-state index contributed by atoms with van der Waals surface area (Å²) < 4.78 is 26.2. The van der Waals surface area contributed by atoms with Crippen LogP contribution in [-0.4, -0.2) is 38.9 Å². The van der Waals surface area contributed by atoms with Crippen molar-refractivity contribution in [3.8, 4) is 11.5 Å². The number of ether oxygens (including phenoxy) is 2. The zero-order valence-corrected chi connectivity index (χ0v) is 19.1. The van der Waals surface area contributed by atoms with Crippen LogP contribution in [0.15, 0.2) is 42.5 Å². The molecule has 2 aliphatic heterocycles. The molecule has 3 fully saturated rings. The molecule has 32 heavy (non-hydrogen) atoms. The molecule has 1 aliphatic carbocycles. The number of piperidine rings is 1. The molecule has 0 amide bonds. The summed E-state index contributed by atoms with van der Waals surface area (Å²) in [6, 6.07) is 13.7. The standard InChI is InChI=1S/C27H35FN2O2/c1-2-31-25-10-11-26(28)27(18-25)29-16-13-24(14-17-29)32-23-8-6-22(7-9-23)30-15-12-21(19-30)20-4-3-5-20/h6-11,18,20-21,24H,2-5,12-17,19H2,1H3. The van der Waals surface area contributed by atoms with Crippen LogP contribution in [-0.2, 0) is 0 Å². The van der Waals surface area contributed by atoms with Crippen LogP contribution in [0.5, 0.6) is 11.5 Å². The lowest BCUT2D eigenvalue weighted by Gasteiger charge is -2.34. The molecule has 5 heteroatoms. The van der Waals surface area contributed by atoms with Crippen molar-refractivity contribution in [3.05, 3.63) is 48.3 Å². The zero-order chi connectivity index (χ0) is 21.9. The maximum absolute atomic E-state index is 14.4. The Morgan fingerprint density at radius 1 is 0.844 bits per heavy atom. The molecule has 0 aromatic heterocycles. The molecule has 2 aromatic carbocycles. The summed E-state index contributed by atoms with van der Waals surface area (Å²) >= 11 is 0. The molecule has 4 nitrogen and oxygen atoms in total. The molecule has 3 aliphatic rings. The fraction of sp³-hybridized carbons (Fsp3) is 0.556. The van der Waals surface area contributed by atoms with E-state index in [-0.39, 0.29) is 11.9 Å². The minimum absolute atomic E-state index is 0.171. The van der Waals surface area contributed by atoms with Gasteiger partial charge in [0.1, 0.15) is 23.4 Å². The Morgan fingerprint density at radius 2 is 1.56 bits per heavy atom. The molecule has 0 radical (unpaired) electrons. The van der Waals surface area contributed by atoms with Gasteiger partial charge in [0.05, 0.1) is 12.3 Å². The number of benzene rings is 2. The predicted molar refractivity (Wildman–Crippen MR) is 128 cm³/mol. The van der Waals surface area contributed by atoms with Gasteiger partial charge < -0.3 is 19.3 Å². The van der Waals surface area contributed by atoms with Crippen molar-refractivity contribution >= 4 is 11.4 Å². The Morgan fingerprint density at radius 3 is 2.25 bits per heavy atom. The lowest BCUT2D eigenvalue weighted by Crippen LogP contribution is -2.38. The van der Waals surface area contributed by atoms with Crippen LogP contribution in [0.3, 0.4) is 0 Å². The van der Waals surface area contributed by atoms with Gasteiger partial charge in [-0.3, -0.25) is 0 Å². The second-order valence-corrected chi connectivity index (χ2v) is 9.53. The first-order valence-corrected chi connectivity index (χ1v) is 12.4. The van der Waals surface area contributed by atoms with E-state index in [0.717, 1.165) is 49.3 Å². The molecular weight excluding hydrogens is 403 g/mol. The second-order valence-electron chi connectivity index (χ2n) is 9.53. The maximum Gasteiger partial charge on any atom is 0.146 e. The Bertz CT molecular complexity index is 891. The molecule has 0 N–H and O–H groups in total. The molecule has 1 saturated carbocycles. The van der Waals surface area contributed by atoms with Crippen LogP contribution in [0, 0.1) is 17.7 Å². The largest absolute Gasteiger partial charge is 0.494 e. The number of anilines is 2. The number of rotatable bonds is 7. The van der Waals surface area contributed by atoms with Crippen LogP contribution in [0.25, 0.3) is 0 Å². The van der Waals surface area contributed by atoms with E-state index in [9.17, 15) is 4.39 Å². The molecule has 1 unspecified atom stereocenters. The van der Waals surface area contributed by atoms with Crippen LogP contribution >= 0.6 is 0 Å². The molecule has 172 valence electrons. The Hall–Kier alpha value is -2.43. The van der Waals surface area contributed by atoms with Crippen molar-refractivity contribution in [1.82, 2.24) is 0 Å². The highest BCUT2D eigenvalue weighted by Gasteiger charge is 2.32. The van der Waals surface area contributed by atoms with Crippen molar-refractivity contribution in [2.75, 3.05) is 42.6 Å². The van der Waals surface area contributed by atoms with Crippen molar-refractivity contribution in [1.29, 1.82) is 0 Å². The van der Waals surface area contributed by atoms with Gasteiger partial charge >= 0.3 is 0 Å². The molecule has 1 atom stereocenters. The fourth-order valence-electron chi connectivity index (χ4n) is 5.45. The van der Waals surface area contributed by atoms with Gasteiger partial charge in [0.15, 0.2) is 0 Å². The summed E-state index contributed by atoms with van der Waals surface area (Å²) in [5.41, 5.74) is 1.95. The number of hydrogen-bond donors (Lipinski definition) is 0. The SMILES string of the molecule is CCOc1ccc(F)c(N2CCC(Oc3ccc(N4CCC(C5CCC5)C4)cc3)CC2)c1. The average molecular weight is 439 g/mol. The normalized spacial score (nSPS) is 22.1. The van der Waals surface area contributed by atoms with E-state index < -0.39 is 0 Å². The number of hydrogen-bond acceptors (Lipinski definition) is 4. The second kappa shape index (κ2) is 9.60. The van der Waals surface area contributed by atoms with Crippen molar-refractivity contribution in [2.45, 2.75) is 51.6 Å². The van der Waals surface area contributed by atoms with E-state index in [4.69, 9.17) is 9.47 Å². The molecule has 2 heterocycles. The highest BCUT2D eigenvalue weighted by Crippen LogP contribution is 2.39. The van der Waals surface area contributed by atoms with Gasteiger partial charge in [0.25, 0.3) is 0 Å². The van der Waals surface area contributed by atoms with Gasteiger partial charge in [-0.25, -0.2) is 4.39 Å². The Labute approximate surface area is 191 Å². The third kappa shape index (κ3) is 4.67. The molecule has 2 saturated heterocycles. The van der Waals surface area contributed by atoms with Gasteiger partial charge in [-0.1, -0.05) is 19.3 Å². The van der Waals surface area contributed by atoms with Crippen LogP contribution < -0.4 is 19.3 Å². The van der Waals surface area contributed by atoms with Crippen LogP contribution in [0.4, 0.5) is 15.8 Å². The van der Waals surface area contributed by atoms with Gasteiger partial charge in [0.2, 0.25) is 0 Å². The lowest BCUT2D eigenvalue weighted by molar-refractivity contribution is 0.170. The van der Waals surface area contributed by atoms with E-state index in [1.165, 1.54) is 50.5 Å². The highest BCUT2D eigenvalue weighted by molar-refractivity contribution is 5.53. The minimum atomic E-state index is -0.190. The summed E-state index contributed by atoms with van der Waals surface area (Å²) in [6.07, 6.45) is 7.59. The van der Waals surface area contributed by atoms with Gasteiger partial charge in [-0.15, -0.1) is 0 Å². The monoisotopic (exact) mass is 438 g/mol. The smallest absolute Gasteiger partial charge is 0.146 e. The first-order chi connectivity index (χ1) is 15.7. The van der Waals surface area contributed by atoms with E-state index in [2.05, 4.69) is 34.1 Å². The predicted octanol–water partition coefficient (Wildman–Crippen LogP) is 5.90. The van der Waals surface area contributed by atoms with Crippen LogP contribution in [0.2, 0.25) is 0 Å². The van der Waals surface area contributed by atoms with E-state index in [1.54, 1.807) is 6.07 Å². The van der Waals surface area contributed by atoms with Crippen LogP contribution in [0.1, 0.15) is 45.4 Å². The summed E-state index contributed by atoms with van der Waals surface area (Å²) in [5.74, 6) is 3.34. The van der Waals surface area contributed by atoms with Gasteiger partial charge in [-0.2, -0.15) is 0 Å². The third-order valence-corrected chi connectivity index (χ3v) is 7.56. The van der Waals surface area contributed by atoms with Gasteiger partial charge in [-0.05, 0) is 61.6 Å². The minimum Gasteiger partial charge on any atom is -0.494 e. The topological polar surface area (TPSA) is 24.9 Å². The first kappa shape index (κ1) is 21.4. The summed E-state index contributed by atoms with van der Waals surface area (Å²) in [7, 11) is 0. The molecular formula is C27H35FN2O2. The molecule has 2 aromatic rings. The Kier molecular flexibility index (Phi) is 6.42. The van der Waals surface area contributed by atoms with E-state index in [0.29, 0.717) is 12.3 Å². The molecule has 0 spiro atoms. The number of nitrogens with zero attached hydrogens (tertiary/aromatic N) is 2. The summed E-state index contributed by atoms with van der Waals surface area (Å²) in [6.45, 7) is 6.48. The van der Waals surface area contributed by atoms with E-state index >= 15 is 0 Å². The summed E-state index contributed by atoms with van der Waals surface area (Å²) in [4.78, 5) is 4.64. The third-order valence-electron chi connectivity index (χ3n) is 7.56. The molecule has 5 rings (SSSR count). The first-order valence-electron chi connectivity index (χ1n) is 12.4. The zero-order valence-electron chi connectivity index (χ0n) is 19.1. The highest BCUT2D eigenvalue weighted by atomic mass is 19.1. The van der Waals surface area contributed by atoms with Crippen molar-refractivity contribution < 1.29 is 13.9 Å². The van der Waals surface area contributed by atoms with Gasteiger partial charge in [0, 0.05) is 50.8 Å². The van der Waals surface area contributed by atoms with Crippen molar-refractivity contribution in [2.24, 2.45) is 11.8 Å². The number of halogens is 1. The quantitative estimate of drug-likeness (QED) is 0.537. The fourth-order valence-corrected chi connectivity index (χ4v) is 5.45. The van der Waals surface area contributed by atoms with Crippen molar-refractivity contribution in [3.63, 3.8) is 0 Å². The summed E-state index contributed by atoms with van der Waals surface area (Å²) in [5, 5.41) is 0. The lowest BCUT2D eigenvalue weighted by atomic mass is 9.75. The average Bonchev–Trinajstić information content (AvgIpc) is 3.25.